The van der Waals surface area contributed by atoms with Crippen LogP contribution in [0.25, 0.3) is 0 Å². The van der Waals surface area contributed by atoms with Crippen molar-refractivity contribution in [3.8, 4) is 0 Å². The van der Waals surface area contributed by atoms with Crippen LogP contribution >= 0.6 is 22.6 Å². The van der Waals surface area contributed by atoms with Crippen molar-refractivity contribution in [3.63, 3.8) is 0 Å². The standard InChI is InChI=1S/C9H16IN/c10-5-7-11-6-4-9(8-11)2-1-3-9/h1-8H2. The van der Waals surface area contributed by atoms with E-state index in [1.54, 1.807) is 0 Å². The zero-order valence-corrected chi connectivity index (χ0v) is 9.14. The summed E-state index contributed by atoms with van der Waals surface area (Å²) >= 11 is 2.48. The highest BCUT2D eigenvalue weighted by molar-refractivity contribution is 14.1. The highest BCUT2D eigenvalue weighted by Crippen LogP contribution is 2.47. The van der Waals surface area contributed by atoms with Gasteiger partial charge in [0.15, 0.2) is 0 Å². The first kappa shape index (κ1) is 8.30. The molecule has 2 fully saturated rings. The molecule has 0 unspecified atom stereocenters. The molecule has 2 heteroatoms. The zero-order chi connectivity index (χ0) is 7.73. The molecule has 1 aliphatic heterocycles. The van der Waals surface area contributed by atoms with Gasteiger partial charge in [0.1, 0.15) is 0 Å². The maximum atomic E-state index is 2.64. The van der Waals surface area contributed by atoms with Crippen molar-refractivity contribution in [3.05, 3.63) is 0 Å². The third kappa shape index (κ3) is 1.57. The monoisotopic (exact) mass is 265 g/mol. The topological polar surface area (TPSA) is 3.24 Å². The first-order valence-electron chi connectivity index (χ1n) is 4.63. The molecule has 0 bridgehead atoms. The second kappa shape index (κ2) is 3.21. The van der Waals surface area contributed by atoms with E-state index in [0.717, 1.165) is 5.41 Å². The van der Waals surface area contributed by atoms with Gasteiger partial charge in [-0.1, -0.05) is 29.0 Å². The maximum Gasteiger partial charge on any atom is 0.0123 e. The summed E-state index contributed by atoms with van der Waals surface area (Å²) in [4.78, 5) is 2.64. The van der Waals surface area contributed by atoms with E-state index in [1.807, 2.05) is 0 Å². The Bertz CT molecular complexity index is 142. The summed E-state index contributed by atoms with van der Waals surface area (Å²) in [5.41, 5.74) is 0.811. The molecule has 0 amide bonds. The van der Waals surface area contributed by atoms with Gasteiger partial charge in [-0.3, -0.25) is 0 Å². The predicted molar refractivity (Wildman–Crippen MR) is 56.2 cm³/mol. The first-order chi connectivity index (χ1) is 5.35. The molecule has 1 aliphatic carbocycles. The average Bonchev–Trinajstić information content (AvgIpc) is 2.32. The SMILES string of the molecule is ICCN1CCC2(CCC2)C1. The number of halogens is 1. The molecule has 0 radical (unpaired) electrons. The highest BCUT2D eigenvalue weighted by Gasteiger charge is 2.42. The summed E-state index contributed by atoms with van der Waals surface area (Å²) in [6.45, 7) is 4.11. The van der Waals surface area contributed by atoms with Gasteiger partial charge in [0.25, 0.3) is 0 Å². The van der Waals surface area contributed by atoms with Crippen molar-refractivity contribution in [1.29, 1.82) is 0 Å². The molecule has 64 valence electrons. The second-order valence-electron chi connectivity index (χ2n) is 4.07. The molecule has 0 N–H and O–H groups in total. The molecule has 0 aromatic heterocycles. The molecular weight excluding hydrogens is 249 g/mol. The van der Waals surface area contributed by atoms with Gasteiger partial charge in [0.2, 0.25) is 0 Å². The van der Waals surface area contributed by atoms with E-state index in [9.17, 15) is 0 Å². The van der Waals surface area contributed by atoms with Crippen molar-refractivity contribution >= 4 is 22.6 Å². The summed E-state index contributed by atoms with van der Waals surface area (Å²) in [6, 6.07) is 0. The van der Waals surface area contributed by atoms with Crippen LogP contribution in [-0.2, 0) is 0 Å². The zero-order valence-electron chi connectivity index (χ0n) is 6.98. The molecule has 0 aromatic rings. The van der Waals surface area contributed by atoms with E-state index in [4.69, 9.17) is 0 Å². The minimum Gasteiger partial charge on any atom is -0.302 e. The summed E-state index contributed by atoms with van der Waals surface area (Å²) in [5.74, 6) is 0. The van der Waals surface area contributed by atoms with Crippen LogP contribution in [0.4, 0.5) is 0 Å². The van der Waals surface area contributed by atoms with Crippen LogP contribution in [-0.4, -0.2) is 29.0 Å². The van der Waals surface area contributed by atoms with Crippen LogP contribution in [0.1, 0.15) is 25.7 Å². The first-order valence-corrected chi connectivity index (χ1v) is 6.16. The molecule has 1 nitrogen and oxygen atoms in total. The summed E-state index contributed by atoms with van der Waals surface area (Å²) < 4.78 is 1.30. The van der Waals surface area contributed by atoms with E-state index >= 15 is 0 Å². The molecular formula is C9H16IN. The van der Waals surface area contributed by atoms with Gasteiger partial charge >= 0.3 is 0 Å². The lowest BCUT2D eigenvalue weighted by Crippen LogP contribution is -2.33. The third-order valence-corrected chi connectivity index (χ3v) is 3.81. The molecule has 11 heavy (non-hydrogen) atoms. The Labute approximate surface area is 82.7 Å². The molecule has 1 saturated carbocycles. The Balaban J connectivity index is 1.83. The van der Waals surface area contributed by atoms with Crippen LogP contribution in [0.2, 0.25) is 0 Å². The van der Waals surface area contributed by atoms with E-state index < -0.39 is 0 Å². The number of alkyl halides is 1. The fourth-order valence-electron chi connectivity index (χ4n) is 2.42. The van der Waals surface area contributed by atoms with Crippen molar-refractivity contribution in [2.24, 2.45) is 5.41 Å². The number of hydrogen-bond donors (Lipinski definition) is 0. The summed E-state index contributed by atoms with van der Waals surface area (Å²) in [7, 11) is 0. The fourth-order valence-corrected chi connectivity index (χ4v) is 3.11. The van der Waals surface area contributed by atoms with Crippen molar-refractivity contribution < 1.29 is 0 Å². The number of nitrogens with zero attached hydrogens (tertiary/aromatic N) is 1. The Hall–Kier alpha value is 0.690. The van der Waals surface area contributed by atoms with E-state index in [0.29, 0.717) is 0 Å². The second-order valence-corrected chi connectivity index (χ2v) is 5.15. The predicted octanol–water partition coefficient (Wildman–Crippen LogP) is 2.30. The Morgan fingerprint density at radius 2 is 2.09 bits per heavy atom. The van der Waals surface area contributed by atoms with Gasteiger partial charge in [0, 0.05) is 17.5 Å². The molecule has 1 spiro atoms. The Morgan fingerprint density at radius 1 is 1.27 bits per heavy atom. The maximum absolute atomic E-state index is 2.64. The molecule has 0 aromatic carbocycles. The quantitative estimate of drug-likeness (QED) is 0.547. The molecule has 0 atom stereocenters. The average molecular weight is 265 g/mol. The van der Waals surface area contributed by atoms with Crippen molar-refractivity contribution in [2.75, 3.05) is 24.1 Å². The van der Waals surface area contributed by atoms with Gasteiger partial charge < -0.3 is 4.90 Å². The van der Waals surface area contributed by atoms with Gasteiger partial charge in [-0.05, 0) is 31.2 Å². The van der Waals surface area contributed by atoms with E-state index in [-0.39, 0.29) is 0 Å². The normalized spacial score (nSPS) is 29.2. The van der Waals surface area contributed by atoms with E-state index in [1.165, 1.54) is 49.7 Å². The molecule has 2 rings (SSSR count). The minimum atomic E-state index is 0.811. The highest BCUT2D eigenvalue weighted by atomic mass is 127. The minimum absolute atomic E-state index is 0.811. The number of hydrogen-bond acceptors (Lipinski definition) is 1. The largest absolute Gasteiger partial charge is 0.302 e. The van der Waals surface area contributed by atoms with Crippen LogP contribution in [0.3, 0.4) is 0 Å². The Kier molecular flexibility index (Phi) is 2.42. The van der Waals surface area contributed by atoms with Gasteiger partial charge in [-0.2, -0.15) is 0 Å². The summed E-state index contributed by atoms with van der Waals surface area (Å²) in [5, 5.41) is 0. The molecule has 1 heterocycles. The van der Waals surface area contributed by atoms with Crippen molar-refractivity contribution in [1.82, 2.24) is 4.90 Å². The molecule has 2 aliphatic rings. The van der Waals surface area contributed by atoms with Gasteiger partial charge in [0.05, 0.1) is 0 Å². The number of likely N-dealkylation sites (tertiary alicyclic amines) is 1. The van der Waals surface area contributed by atoms with Gasteiger partial charge in [-0.25, -0.2) is 0 Å². The fraction of sp³-hybridized carbons (Fsp3) is 1.00. The van der Waals surface area contributed by atoms with Gasteiger partial charge in [-0.15, -0.1) is 0 Å². The Morgan fingerprint density at radius 3 is 2.55 bits per heavy atom. The lowest BCUT2D eigenvalue weighted by atomic mass is 9.68. The lowest BCUT2D eigenvalue weighted by molar-refractivity contribution is 0.141. The van der Waals surface area contributed by atoms with Crippen LogP contribution in [0.5, 0.6) is 0 Å². The summed E-state index contributed by atoms with van der Waals surface area (Å²) in [6.07, 6.45) is 6.03. The van der Waals surface area contributed by atoms with Crippen LogP contribution in [0, 0.1) is 5.41 Å². The third-order valence-electron chi connectivity index (χ3n) is 3.33. The van der Waals surface area contributed by atoms with Crippen LogP contribution in [0.15, 0.2) is 0 Å². The lowest BCUT2D eigenvalue weighted by Gasteiger charge is -2.38. The van der Waals surface area contributed by atoms with Crippen LogP contribution < -0.4 is 0 Å². The smallest absolute Gasteiger partial charge is 0.0123 e. The van der Waals surface area contributed by atoms with E-state index in [2.05, 4.69) is 27.5 Å². The molecule has 1 saturated heterocycles. The van der Waals surface area contributed by atoms with Crippen molar-refractivity contribution in [2.45, 2.75) is 25.7 Å². The number of rotatable bonds is 2.